The van der Waals surface area contributed by atoms with Crippen molar-refractivity contribution in [3.63, 3.8) is 0 Å². The molecule has 3 aromatic rings. The Morgan fingerprint density at radius 1 is 0.900 bits per heavy atom. The van der Waals surface area contributed by atoms with Crippen LogP contribution in [0.25, 0.3) is 17.0 Å². The minimum atomic E-state index is -1.21. The molecule has 0 heterocycles. The highest BCUT2D eigenvalue weighted by Crippen LogP contribution is 2.38. The fourth-order valence-corrected chi connectivity index (χ4v) is 5.29. The predicted octanol–water partition coefficient (Wildman–Crippen LogP) is 7.75. The van der Waals surface area contributed by atoms with E-state index in [-0.39, 0.29) is 5.56 Å². The van der Waals surface area contributed by atoms with Crippen LogP contribution in [-0.2, 0) is 0 Å². The third kappa shape index (κ3) is 4.70. The van der Waals surface area contributed by atoms with Gasteiger partial charge >= 0.3 is 0 Å². The van der Waals surface area contributed by atoms with Crippen molar-refractivity contribution in [3.8, 4) is 16.9 Å². The summed E-state index contributed by atoms with van der Waals surface area (Å²) in [4.78, 5) is 0. The second-order valence-electron chi connectivity index (χ2n) is 7.52. The lowest BCUT2D eigenvalue weighted by Gasteiger charge is -2.23. The third-order valence-corrected chi connectivity index (χ3v) is 6.95. The van der Waals surface area contributed by atoms with Crippen molar-refractivity contribution >= 4 is 14.6 Å². The molecule has 155 valence electrons. The van der Waals surface area contributed by atoms with E-state index in [1.54, 1.807) is 24.3 Å². The van der Waals surface area contributed by atoms with Gasteiger partial charge in [0.1, 0.15) is 11.6 Å². The van der Waals surface area contributed by atoms with Crippen LogP contribution in [0.3, 0.4) is 0 Å². The van der Waals surface area contributed by atoms with Gasteiger partial charge in [-0.05, 0) is 60.4 Å². The van der Waals surface area contributed by atoms with Crippen LogP contribution in [0.1, 0.15) is 29.2 Å². The topological polar surface area (TPSA) is 9.23 Å². The van der Waals surface area contributed by atoms with Crippen LogP contribution in [0.4, 0.5) is 8.78 Å². The van der Waals surface area contributed by atoms with E-state index in [1.807, 2.05) is 75.5 Å². The molecule has 1 radical (unpaired) electrons. The summed E-state index contributed by atoms with van der Waals surface area (Å²) in [6.45, 7) is 8.46. The quantitative estimate of drug-likeness (QED) is 0.354. The summed E-state index contributed by atoms with van der Waals surface area (Å²) in [5.74, 6) is -0.835. The molecule has 4 heteroatoms. The van der Waals surface area contributed by atoms with Gasteiger partial charge in [-0.3, -0.25) is 0 Å². The van der Waals surface area contributed by atoms with E-state index in [4.69, 9.17) is 4.74 Å². The van der Waals surface area contributed by atoms with Gasteiger partial charge < -0.3 is 4.74 Å². The van der Waals surface area contributed by atoms with Gasteiger partial charge in [-0.1, -0.05) is 61.6 Å². The molecule has 0 aliphatic rings. The highest BCUT2D eigenvalue weighted by molar-refractivity contribution is 6.58. The van der Waals surface area contributed by atoms with Gasteiger partial charge in [0.15, 0.2) is 5.83 Å². The maximum absolute atomic E-state index is 15.5. The van der Waals surface area contributed by atoms with Crippen molar-refractivity contribution in [2.75, 3.05) is 6.61 Å². The van der Waals surface area contributed by atoms with Gasteiger partial charge in [-0.2, -0.15) is 0 Å². The number of benzene rings is 3. The Morgan fingerprint density at radius 2 is 1.57 bits per heavy atom. The molecule has 0 aliphatic carbocycles. The van der Waals surface area contributed by atoms with Gasteiger partial charge in [0, 0.05) is 11.1 Å². The van der Waals surface area contributed by atoms with E-state index < -0.39 is 26.0 Å². The summed E-state index contributed by atoms with van der Waals surface area (Å²) >= 11 is 0. The van der Waals surface area contributed by atoms with Crippen LogP contribution < -0.4 is 4.74 Å². The zero-order valence-electron chi connectivity index (χ0n) is 17.9. The molecule has 3 rings (SSSR count). The molecule has 0 amide bonds. The second kappa shape index (κ2) is 9.85. The molecule has 0 bridgehead atoms. The van der Waals surface area contributed by atoms with Crippen molar-refractivity contribution in [1.29, 1.82) is 0 Å². The summed E-state index contributed by atoms with van der Waals surface area (Å²) in [6, 6.07) is 22.4. The summed E-state index contributed by atoms with van der Waals surface area (Å²) in [5.41, 5.74) is 3.65. The zero-order valence-corrected chi connectivity index (χ0v) is 18.9. The van der Waals surface area contributed by atoms with Crippen LogP contribution in [0.15, 0.2) is 78.6 Å². The summed E-state index contributed by atoms with van der Waals surface area (Å²) in [7, 11) is -1.21. The number of rotatable bonds is 7. The van der Waals surface area contributed by atoms with E-state index in [0.717, 1.165) is 22.3 Å². The lowest BCUT2D eigenvalue weighted by molar-refractivity contribution is 0.340. The molecule has 0 saturated carbocycles. The maximum atomic E-state index is 15.5. The van der Waals surface area contributed by atoms with E-state index in [2.05, 4.69) is 0 Å². The average molecular weight is 422 g/mol. The van der Waals surface area contributed by atoms with Gasteiger partial charge in [0.2, 0.25) is 0 Å². The molecule has 1 unspecified atom stereocenters. The number of ether oxygens (including phenoxy) is 1. The largest absolute Gasteiger partial charge is 0.494 e. The smallest absolute Gasteiger partial charge is 0.162 e. The van der Waals surface area contributed by atoms with Gasteiger partial charge in [-0.15, -0.1) is 0 Å². The van der Waals surface area contributed by atoms with Crippen molar-refractivity contribution in [3.05, 3.63) is 95.3 Å². The molecular formula is C26H27F2OSi. The molecule has 0 spiro atoms. The number of allylic oxidation sites excluding steroid dienone is 1. The minimum Gasteiger partial charge on any atom is -0.494 e. The molecule has 1 atom stereocenters. The standard InChI is InChI=1S/C26H27F2OSi/c1-5-29-21-16-14-20(15-17-21)24(27)25(28)26(30(3)4)23-13-9-12-22(18(23)2)19-10-7-6-8-11-19/h6-17,26H,5H2,1-4H3. The molecular weight excluding hydrogens is 394 g/mol. The van der Waals surface area contributed by atoms with Crippen molar-refractivity contribution < 1.29 is 13.5 Å². The predicted molar refractivity (Wildman–Crippen MR) is 124 cm³/mol. The monoisotopic (exact) mass is 421 g/mol. The van der Waals surface area contributed by atoms with Crippen LogP contribution in [-0.4, -0.2) is 15.4 Å². The van der Waals surface area contributed by atoms with Crippen LogP contribution in [0.5, 0.6) is 5.75 Å². The van der Waals surface area contributed by atoms with E-state index in [9.17, 15) is 0 Å². The normalized spacial score (nSPS) is 13.2. The van der Waals surface area contributed by atoms with Crippen LogP contribution in [0.2, 0.25) is 13.1 Å². The molecule has 0 N–H and O–H groups in total. The first kappa shape index (κ1) is 22.0. The first-order valence-corrected chi connectivity index (χ1v) is 12.7. The zero-order chi connectivity index (χ0) is 21.7. The lowest BCUT2D eigenvalue weighted by atomic mass is 9.94. The Hall–Kier alpha value is -2.72. The Kier molecular flexibility index (Phi) is 7.22. The Balaban J connectivity index is 2.04. The van der Waals surface area contributed by atoms with E-state index >= 15 is 8.78 Å². The van der Waals surface area contributed by atoms with Crippen molar-refractivity contribution in [2.45, 2.75) is 32.5 Å². The van der Waals surface area contributed by atoms with Crippen molar-refractivity contribution in [1.82, 2.24) is 0 Å². The number of halogens is 2. The molecule has 3 aromatic carbocycles. The molecule has 0 aliphatic heterocycles. The minimum absolute atomic E-state index is 0.237. The summed E-state index contributed by atoms with van der Waals surface area (Å²) in [6.07, 6.45) is 0. The molecule has 1 nitrogen and oxygen atoms in total. The maximum Gasteiger partial charge on any atom is 0.162 e. The van der Waals surface area contributed by atoms with Crippen LogP contribution in [0, 0.1) is 6.92 Å². The van der Waals surface area contributed by atoms with Crippen LogP contribution >= 0.6 is 0 Å². The summed E-state index contributed by atoms with van der Waals surface area (Å²) < 4.78 is 36.1. The highest BCUT2D eigenvalue weighted by Gasteiger charge is 2.28. The Morgan fingerprint density at radius 3 is 2.17 bits per heavy atom. The van der Waals surface area contributed by atoms with E-state index in [0.29, 0.717) is 12.4 Å². The number of hydrogen-bond donors (Lipinski definition) is 0. The van der Waals surface area contributed by atoms with Gasteiger partial charge in [0.05, 0.1) is 15.4 Å². The van der Waals surface area contributed by atoms with E-state index in [1.165, 1.54) is 0 Å². The fraction of sp³-hybridized carbons (Fsp3) is 0.231. The SMILES string of the molecule is CCOc1ccc(C(F)=C(F)C(c2cccc(-c3ccccc3)c2C)[Si](C)C)cc1. The summed E-state index contributed by atoms with van der Waals surface area (Å²) in [5, 5.41) is 0. The highest BCUT2D eigenvalue weighted by atomic mass is 28.3. The van der Waals surface area contributed by atoms with Crippen molar-refractivity contribution in [2.24, 2.45) is 0 Å². The lowest BCUT2D eigenvalue weighted by Crippen LogP contribution is -2.19. The molecule has 30 heavy (non-hydrogen) atoms. The second-order valence-corrected chi connectivity index (χ2v) is 10.2. The Labute approximate surface area is 179 Å². The first-order valence-electron chi connectivity index (χ1n) is 10.2. The van der Waals surface area contributed by atoms with Gasteiger partial charge in [-0.25, -0.2) is 8.78 Å². The fourth-order valence-electron chi connectivity index (χ4n) is 3.73. The Bertz CT molecular complexity index is 1010. The number of hydrogen-bond acceptors (Lipinski definition) is 1. The molecule has 0 fully saturated rings. The van der Waals surface area contributed by atoms with Gasteiger partial charge in [0.25, 0.3) is 0 Å². The first-order chi connectivity index (χ1) is 14.4. The molecule has 0 saturated heterocycles. The average Bonchev–Trinajstić information content (AvgIpc) is 2.75. The molecule has 0 aromatic heterocycles. The third-order valence-electron chi connectivity index (χ3n) is 5.23.